The molecule has 0 aliphatic carbocycles. The van der Waals surface area contributed by atoms with Crippen molar-refractivity contribution in [2.24, 2.45) is 0 Å². The van der Waals surface area contributed by atoms with Crippen LogP contribution in [-0.4, -0.2) is 39.5 Å². The molecule has 1 unspecified atom stereocenters. The summed E-state index contributed by atoms with van der Waals surface area (Å²) in [5.41, 5.74) is 1.00. The normalized spacial score (nSPS) is 19.9. The topological polar surface area (TPSA) is 73.2 Å². The summed E-state index contributed by atoms with van der Waals surface area (Å²) in [5, 5.41) is 8.88. The van der Waals surface area contributed by atoms with E-state index in [9.17, 15) is 8.42 Å². The average Bonchev–Trinajstić information content (AvgIpc) is 2.82. The second kappa shape index (κ2) is 5.92. The highest BCUT2D eigenvalue weighted by Crippen LogP contribution is 2.18. The Morgan fingerprint density at radius 3 is 2.85 bits per heavy atom. The van der Waals surface area contributed by atoms with Gasteiger partial charge in [-0.25, -0.2) is 13.1 Å². The minimum absolute atomic E-state index is 0.192. The molecule has 0 radical (unpaired) electrons. The lowest BCUT2D eigenvalue weighted by atomic mass is 10.2. The molecule has 1 fully saturated rings. The third kappa shape index (κ3) is 3.18. The number of nitriles is 1. The summed E-state index contributed by atoms with van der Waals surface area (Å²) in [6.45, 7) is 3.15. The first-order chi connectivity index (χ1) is 9.44. The van der Waals surface area contributed by atoms with Crippen LogP contribution in [-0.2, 0) is 10.0 Å². The minimum Gasteiger partial charge on any atom is -0.302 e. The van der Waals surface area contributed by atoms with E-state index in [0.29, 0.717) is 17.7 Å². The first-order valence-electron chi connectivity index (χ1n) is 6.64. The van der Waals surface area contributed by atoms with E-state index < -0.39 is 10.0 Å². The molecule has 2 rings (SSSR count). The summed E-state index contributed by atoms with van der Waals surface area (Å²) in [7, 11) is -1.55. The maximum absolute atomic E-state index is 12.3. The fraction of sp³-hybridized carbons (Fsp3) is 0.500. The Morgan fingerprint density at radius 1 is 1.50 bits per heavy atom. The summed E-state index contributed by atoms with van der Waals surface area (Å²) >= 11 is 0. The molecule has 1 aliphatic rings. The van der Waals surface area contributed by atoms with E-state index in [1.807, 2.05) is 13.1 Å². The van der Waals surface area contributed by atoms with Gasteiger partial charge >= 0.3 is 0 Å². The standard InChI is InChI=1S/C14H19N3O2S/c1-11-5-6-12(9-15)8-14(11)20(18,19)16-10-13-4-3-7-17(13)2/h5-6,8,13,16H,3-4,7,10H2,1-2H3. The number of hydrogen-bond donors (Lipinski definition) is 1. The van der Waals surface area contributed by atoms with Crippen molar-refractivity contribution in [3.63, 3.8) is 0 Å². The van der Waals surface area contributed by atoms with E-state index in [1.165, 1.54) is 6.07 Å². The molecule has 5 nitrogen and oxygen atoms in total. The van der Waals surface area contributed by atoms with Gasteiger partial charge in [0.25, 0.3) is 0 Å². The van der Waals surface area contributed by atoms with Gasteiger partial charge in [0.1, 0.15) is 0 Å². The molecule has 6 heteroatoms. The Balaban J connectivity index is 2.16. The van der Waals surface area contributed by atoms with Crippen LogP contribution in [0.4, 0.5) is 0 Å². The van der Waals surface area contributed by atoms with Gasteiger partial charge in [-0.15, -0.1) is 0 Å². The van der Waals surface area contributed by atoms with Crippen LogP contribution < -0.4 is 4.72 Å². The molecule has 0 bridgehead atoms. The maximum Gasteiger partial charge on any atom is 0.240 e. The molecule has 1 N–H and O–H groups in total. The number of likely N-dealkylation sites (N-methyl/N-ethyl adjacent to an activating group) is 1. The molecular weight excluding hydrogens is 274 g/mol. The molecule has 20 heavy (non-hydrogen) atoms. The van der Waals surface area contributed by atoms with Crippen molar-refractivity contribution in [3.8, 4) is 6.07 Å². The highest BCUT2D eigenvalue weighted by Gasteiger charge is 2.24. The first kappa shape index (κ1) is 15.0. The van der Waals surface area contributed by atoms with Gasteiger partial charge in [0, 0.05) is 12.6 Å². The molecule has 1 aliphatic heterocycles. The Kier molecular flexibility index (Phi) is 4.43. The summed E-state index contributed by atoms with van der Waals surface area (Å²) in [4.78, 5) is 2.36. The number of nitrogens with one attached hydrogen (secondary N) is 1. The van der Waals surface area contributed by atoms with Crippen LogP contribution in [0.5, 0.6) is 0 Å². The van der Waals surface area contributed by atoms with Crippen molar-refractivity contribution in [3.05, 3.63) is 29.3 Å². The number of benzene rings is 1. The Hall–Kier alpha value is -1.42. The van der Waals surface area contributed by atoms with E-state index in [1.54, 1.807) is 19.1 Å². The summed E-state index contributed by atoms with van der Waals surface area (Å²) < 4.78 is 27.4. The lowest BCUT2D eigenvalue weighted by molar-refractivity contribution is 0.311. The van der Waals surface area contributed by atoms with Crippen molar-refractivity contribution in [2.75, 3.05) is 20.1 Å². The van der Waals surface area contributed by atoms with Gasteiger partial charge in [-0.1, -0.05) is 6.07 Å². The summed E-state index contributed by atoms with van der Waals surface area (Å²) in [6, 6.07) is 6.94. The smallest absolute Gasteiger partial charge is 0.240 e. The van der Waals surface area contributed by atoms with Gasteiger partial charge in [0.15, 0.2) is 0 Å². The Labute approximate surface area is 120 Å². The zero-order valence-corrected chi connectivity index (χ0v) is 12.6. The molecule has 108 valence electrons. The number of rotatable bonds is 4. The molecule has 0 spiro atoms. The molecule has 1 atom stereocenters. The van der Waals surface area contributed by atoms with Gasteiger partial charge in [0.2, 0.25) is 10.0 Å². The predicted molar refractivity (Wildman–Crippen MR) is 76.7 cm³/mol. The molecule has 0 aromatic heterocycles. The highest BCUT2D eigenvalue weighted by molar-refractivity contribution is 7.89. The van der Waals surface area contributed by atoms with Gasteiger partial charge in [-0.05, 0) is 51.1 Å². The van der Waals surface area contributed by atoms with Crippen molar-refractivity contribution < 1.29 is 8.42 Å². The van der Waals surface area contributed by atoms with E-state index in [-0.39, 0.29) is 10.9 Å². The van der Waals surface area contributed by atoms with Crippen LogP contribution in [0, 0.1) is 18.3 Å². The summed E-state index contributed by atoms with van der Waals surface area (Å²) in [6.07, 6.45) is 2.11. The number of likely N-dealkylation sites (tertiary alicyclic amines) is 1. The molecule has 1 saturated heterocycles. The number of hydrogen-bond acceptors (Lipinski definition) is 4. The van der Waals surface area contributed by atoms with E-state index in [0.717, 1.165) is 19.4 Å². The largest absolute Gasteiger partial charge is 0.302 e. The number of nitrogens with zero attached hydrogens (tertiary/aromatic N) is 2. The fourth-order valence-corrected chi connectivity index (χ4v) is 3.82. The van der Waals surface area contributed by atoms with Crippen LogP contribution in [0.2, 0.25) is 0 Å². The zero-order valence-electron chi connectivity index (χ0n) is 11.8. The molecular formula is C14H19N3O2S. The van der Waals surface area contributed by atoms with Crippen LogP contribution in [0.3, 0.4) is 0 Å². The predicted octanol–water partition coefficient (Wildman–Crippen LogP) is 1.24. The highest BCUT2D eigenvalue weighted by atomic mass is 32.2. The first-order valence-corrected chi connectivity index (χ1v) is 8.13. The molecule has 1 aromatic carbocycles. The monoisotopic (exact) mass is 293 g/mol. The quantitative estimate of drug-likeness (QED) is 0.906. The minimum atomic E-state index is -3.56. The van der Waals surface area contributed by atoms with Crippen molar-refractivity contribution in [1.82, 2.24) is 9.62 Å². The van der Waals surface area contributed by atoms with E-state index in [4.69, 9.17) is 5.26 Å². The lowest BCUT2D eigenvalue weighted by Crippen LogP contribution is -2.38. The van der Waals surface area contributed by atoms with Crippen LogP contribution in [0.1, 0.15) is 24.0 Å². The van der Waals surface area contributed by atoms with Crippen LogP contribution >= 0.6 is 0 Å². The van der Waals surface area contributed by atoms with Crippen molar-refractivity contribution in [1.29, 1.82) is 5.26 Å². The molecule has 0 amide bonds. The lowest BCUT2D eigenvalue weighted by Gasteiger charge is -2.20. The van der Waals surface area contributed by atoms with Gasteiger partial charge in [-0.3, -0.25) is 0 Å². The second-order valence-corrected chi connectivity index (χ2v) is 6.96. The van der Waals surface area contributed by atoms with Crippen molar-refractivity contribution >= 4 is 10.0 Å². The van der Waals surface area contributed by atoms with E-state index in [2.05, 4.69) is 9.62 Å². The van der Waals surface area contributed by atoms with Gasteiger partial charge in [-0.2, -0.15) is 5.26 Å². The number of sulfonamides is 1. The third-order valence-electron chi connectivity index (χ3n) is 3.79. The van der Waals surface area contributed by atoms with E-state index >= 15 is 0 Å². The molecule has 1 heterocycles. The Bertz CT molecular complexity index is 634. The Morgan fingerprint density at radius 2 is 2.25 bits per heavy atom. The number of aryl methyl sites for hydroxylation is 1. The third-order valence-corrected chi connectivity index (χ3v) is 5.35. The molecule has 0 saturated carbocycles. The average molecular weight is 293 g/mol. The maximum atomic E-state index is 12.3. The van der Waals surface area contributed by atoms with Crippen LogP contribution in [0.25, 0.3) is 0 Å². The van der Waals surface area contributed by atoms with Gasteiger partial charge in [0.05, 0.1) is 16.5 Å². The second-order valence-electron chi connectivity index (χ2n) is 5.22. The summed E-state index contributed by atoms with van der Waals surface area (Å²) in [5.74, 6) is 0. The van der Waals surface area contributed by atoms with Gasteiger partial charge < -0.3 is 4.90 Å². The SMILES string of the molecule is Cc1ccc(C#N)cc1S(=O)(=O)NCC1CCCN1C. The van der Waals surface area contributed by atoms with Crippen LogP contribution in [0.15, 0.2) is 23.1 Å². The zero-order chi connectivity index (χ0) is 14.8. The fourth-order valence-electron chi connectivity index (χ4n) is 2.48. The van der Waals surface area contributed by atoms with Crippen molar-refractivity contribution in [2.45, 2.75) is 30.7 Å². The molecule has 1 aromatic rings.